The molecule has 6 heteroatoms. The molecule has 0 aliphatic heterocycles. The van der Waals surface area contributed by atoms with E-state index in [1.807, 2.05) is 26.0 Å². The summed E-state index contributed by atoms with van der Waals surface area (Å²) in [5, 5.41) is 7.12. The molecule has 0 bridgehead atoms. The molecule has 6 nitrogen and oxygen atoms in total. The first-order chi connectivity index (χ1) is 9.97. The van der Waals surface area contributed by atoms with Gasteiger partial charge in [0.2, 0.25) is 0 Å². The topological polar surface area (TPSA) is 82.2 Å². The SMILES string of the molecule is CCn1nc(C)c(N)c1C(=O)Nc1ccc(OC)cc1C. The maximum atomic E-state index is 12.5. The number of methoxy groups -OCH3 is 1. The number of carbonyl (C=O) groups is 1. The Balaban J connectivity index is 2.30. The van der Waals surface area contributed by atoms with E-state index in [1.54, 1.807) is 24.8 Å². The van der Waals surface area contributed by atoms with Crippen molar-refractivity contribution in [2.75, 3.05) is 18.2 Å². The summed E-state index contributed by atoms with van der Waals surface area (Å²) in [6.45, 7) is 6.20. The third-order valence-electron chi connectivity index (χ3n) is 3.37. The maximum absolute atomic E-state index is 12.5. The minimum atomic E-state index is -0.261. The number of carbonyl (C=O) groups excluding carboxylic acids is 1. The van der Waals surface area contributed by atoms with Crippen LogP contribution in [0.4, 0.5) is 11.4 Å². The van der Waals surface area contributed by atoms with E-state index in [1.165, 1.54) is 0 Å². The summed E-state index contributed by atoms with van der Waals surface area (Å²) < 4.78 is 6.76. The number of ether oxygens (including phenoxy) is 1. The van der Waals surface area contributed by atoms with E-state index < -0.39 is 0 Å². The Hall–Kier alpha value is -2.50. The van der Waals surface area contributed by atoms with Gasteiger partial charge in [-0.1, -0.05) is 0 Å². The zero-order valence-corrected chi connectivity index (χ0v) is 12.7. The fraction of sp³-hybridized carbons (Fsp3) is 0.333. The Morgan fingerprint density at radius 2 is 2.14 bits per heavy atom. The predicted octanol–water partition coefficient (Wildman–Crippen LogP) is 2.36. The van der Waals surface area contributed by atoms with Gasteiger partial charge in [-0.15, -0.1) is 0 Å². The first-order valence-corrected chi connectivity index (χ1v) is 6.76. The summed E-state index contributed by atoms with van der Waals surface area (Å²) in [6.07, 6.45) is 0. The number of hydrogen-bond donors (Lipinski definition) is 2. The predicted molar refractivity (Wildman–Crippen MR) is 82.7 cm³/mol. The zero-order valence-electron chi connectivity index (χ0n) is 12.7. The molecule has 2 rings (SSSR count). The second-order valence-electron chi connectivity index (χ2n) is 4.80. The molecular weight excluding hydrogens is 268 g/mol. The lowest BCUT2D eigenvalue weighted by Crippen LogP contribution is -2.19. The molecule has 0 saturated carbocycles. The molecule has 0 unspecified atom stereocenters. The molecule has 0 aliphatic carbocycles. The Kier molecular flexibility index (Phi) is 4.16. The molecule has 1 amide bonds. The third-order valence-corrected chi connectivity index (χ3v) is 3.37. The van der Waals surface area contributed by atoms with Crippen molar-refractivity contribution in [1.29, 1.82) is 0 Å². The lowest BCUT2D eigenvalue weighted by molar-refractivity contribution is 0.101. The van der Waals surface area contributed by atoms with Crippen LogP contribution in [-0.2, 0) is 6.54 Å². The van der Waals surface area contributed by atoms with Crippen molar-refractivity contribution in [3.05, 3.63) is 35.2 Å². The summed E-state index contributed by atoms with van der Waals surface area (Å²) >= 11 is 0. The van der Waals surface area contributed by atoms with Crippen LogP contribution < -0.4 is 15.8 Å². The van der Waals surface area contributed by atoms with Crippen LogP contribution in [0.5, 0.6) is 5.75 Å². The number of nitrogens with zero attached hydrogens (tertiary/aromatic N) is 2. The van der Waals surface area contributed by atoms with Gasteiger partial charge in [0.05, 0.1) is 18.5 Å². The first kappa shape index (κ1) is 14.9. The van der Waals surface area contributed by atoms with Crippen molar-refractivity contribution in [3.8, 4) is 5.75 Å². The van der Waals surface area contributed by atoms with Crippen molar-refractivity contribution >= 4 is 17.3 Å². The summed E-state index contributed by atoms with van der Waals surface area (Å²) in [7, 11) is 1.61. The largest absolute Gasteiger partial charge is 0.497 e. The Labute approximate surface area is 123 Å². The number of nitrogens with one attached hydrogen (secondary N) is 1. The van der Waals surface area contributed by atoms with Crippen LogP contribution in [-0.4, -0.2) is 22.8 Å². The minimum absolute atomic E-state index is 0.261. The molecule has 112 valence electrons. The normalized spacial score (nSPS) is 10.5. The summed E-state index contributed by atoms with van der Waals surface area (Å²) in [6, 6.07) is 5.47. The molecule has 0 atom stereocenters. The quantitative estimate of drug-likeness (QED) is 0.904. The Morgan fingerprint density at radius 3 is 2.71 bits per heavy atom. The molecular formula is C15H20N4O2. The Morgan fingerprint density at radius 1 is 1.43 bits per heavy atom. The van der Waals surface area contributed by atoms with Gasteiger partial charge in [0, 0.05) is 12.2 Å². The first-order valence-electron chi connectivity index (χ1n) is 6.76. The molecule has 1 aromatic carbocycles. The van der Waals surface area contributed by atoms with Crippen molar-refractivity contribution in [2.24, 2.45) is 0 Å². The fourth-order valence-electron chi connectivity index (χ4n) is 2.15. The van der Waals surface area contributed by atoms with Gasteiger partial charge in [-0.3, -0.25) is 9.48 Å². The van der Waals surface area contributed by atoms with Crippen LogP contribution in [0.3, 0.4) is 0 Å². The molecule has 0 fully saturated rings. The van der Waals surface area contributed by atoms with Gasteiger partial charge in [0.15, 0.2) is 0 Å². The highest BCUT2D eigenvalue weighted by atomic mass is 16.5. The van der Waals surface area contributed by atoms with Crippen LogP contribution in [0.15, 0.2) is 18.2 Å². The molecule has 0 radical (unpaired) electrons. The minimum Gasteiger partial charge on any atom is -0.497 e. The highest BCUT2D eigenvalue weighted by molar-refractivity contribution is 6.07. The third kappa shape index (κ3) is 2.84. The number of benzene rings is 1. The molecule has 3 N–H and O–H groups in total. The van der Waals surface area contributed by atoms with Gasteiger partial charge < -0.3 is 15.8 Å². The Bertz CT molecular complexity index is 677. The number of nitrogen functional groups attached to an aromatic ring is 1. The average Bonchev–Trinajstić information content (AvgIpc) is 2.76. The van der Waals surface area contributed by atoms with Crippen molar-refractivity contribution in [3.63, 3.8) is 0 Å². The number of amides is 1. The summed E-state index contributed by atoms with van der Waals surface area (Å²) in [4.78, 5) is 12.5. The summed E-state index contributed by atoms with van der Waals surface area (Å²) in [5.74, 6) is 0.489. The van der Waals surface area contributed by atoms with E-state index in [-0.39, 0.29) is 5.91 Å². The monoisotopic (exact) mass is 288 g/mol. The van der Waals surface area contributed by atoms with Crippen LogP contribution in [0.25, 0.3) is 0 Å². The number of aryl methyl sites for hydroxylation is 3. The highest BCUT2D eigenvalue weighted by Crippen LogP contribution is 2.23. The van der Waals surface area contributed by atoms with Crippen molar-refractivity contribution in [2.45, 2.75) is 27.3 Å². The van der Waals surface area contributed by atoms with Crippen LogP contribution in [0.2, 0.25) is 0 Å². The van der Waals surface area contributed by atoms with Gasteiger partial charge in [-0.2, -0.15) is 5.10 Å². The van der Waals surface area contributed by atoms with E-state index in [0.717, 1.165) is 17.0 Å². The van der Waals surface area contributed by atoms with Crippen LogP contribution >= 0.6 is 0 Å². The summed E-state index contributed by atoms with van der Waals surface area (Å²) in [5.41, 5.74) is 9.07. The van der Waals surface area contributed by atoms with Crippen molar-refractivity contribution in [1.82, 2.24) is 9.78 Å². The molecule has 1 heterocycles. The molecule has 0 saturated heterocycles. The van der Waals surface area contributed by atoms with E-state index in [2.05, 4.69) is 10.4 Å². The van der Waals surface area contributed by atoms with Crippen LogP contribution in [0.1, 0.15) is 28.7 Å². The lowest BCUT2D eigenvalue weighted by Gasteiger charge is -2.11. The van der Waals surface area contributed by atoms with Gasteiger partial charge in [0.1, 0.15) is 11.4 Å². The molecule has 0 spiro atoms. The number of aromatic nitrogens is 2. The highest BCUT2D eigenvalue weighted by Gasteiger charge is 2.19. The van der Waals surface area contributed by atoms with E-state index >= 15 is 0 Å². The second-order valence-corrected chi connectivity index (χ2v) is 4.80. The van der Waals surface area contributed by atoms with Gasteiger partial charge >= 0.3 is 0 Å². The zero-order chi connectivity index (χ0) is 15.6. The van der Waals surface area contributed by atoms with E-state index in [9.17, 15) is 4.79 Å². The number of rotatable bonds is 4. The lowest BCUT2D eigenvalue weighted by atomic mass is 10.2. The molecule has 1 aromatic heterocycles. The van der Waals surface area contributed by atoms with Gasteiger partial charge in [-0.25, -0.2) is 0 Å². The average molecular weight is 288 g/mol. The van der Waals surface area contributed by atoms with E-state index in [4.69, 9.17) is 10.5 Å². The van der Waals surface area contributed by atoms with Gasteiger partial charge in [-0.05, 0) is 44.5 Å². The van der Waals surface area contributed by atoms with Crippen molar-refractivity contribution < 1.29 is 9.53 Å². The fourth-order valence-corrected chi connectivity index (χ4v) is 2.15. The number of nitrogens with two attached hydrogens (primary N) is 1. The number of anilines is 2. The van der Waals surface area contributed by atoms with E-state index in [0.29, 0.717) is 23.6 Å². The molecule has 21 heavy (non-hydrogen) atoms. The second kappa shape index (κ2) is 5.87. The molecule has 0 aliphatic rings. The maximum Gasteiger partial charge on any atom is 0.276 e. The molecule has 2 aromatic rings. The van der Waals surface area contributed by atoms with Crippen LogP contribution in [0, 0.1) is 13.8 Å². The van der Waals surface area contributed by atoms with Gasteiger partial charge in [0.25, 0.3) is 5.91 Å². The number of hydrogen-bond acceptors (Lipinski definition) is 4. The smallest absolute Gasteiger partial charge is 0.276 e. The standard InChI is InChI=1S/C15H20N4O2/c1-5-19-14(13(16)10(3)18-19)15(20)17-12-7-6-11(21-4)8-9(12)2/h6-8H,5,16H2,1-4H3,(H,17,20).